The Balaban J connectivity index is 1.95. The topological polar surface area (TPSA) is 109 Å². The Morgan fingerprint density at radius 3 is 2.33 bits per heavy atom. The highest BCUT2D eigenvalue weighted by Crippen LogP contribution is 2.37. The molecule has 0 unspecified atom stereocenters. The minimum absolute atomic E-state index is 0.0111. The van der Waals surface area contributed by atoms with E-state index in [-0.39, 0.29) is 17.4 Å². The second-order valence-electron chi connectivity index (χ2n) is 5.24. The molecular weight excluding hydrogens is 352 g/mol. The largest absolute Gasteiger partial charge is 0.497 e. The van der Waals surface area contributed by atoms with E-state index in [9.17, 15) is 10.1 Å². The fraction of sp³-hybridized carbons (Fsp3) is 0.111. The van der Waals surface area contributed by atoms with Crippen LogP contribution < -0.4 is 19.5 Å². The SMILES string of the molecule is COc1ccc(Oc2ncnc(Nc3ccccc3OC)c2[N+](=O)[O-])cc1. The predicted octanol–water partition coefficient (Wildman–Crippen LogP) is 3.94. The molecule has 9 nitrogen and oxygen atoms in total. The van der Waals surface area contributed by atoms with Crippen LogP contribution in [0.5, 0.6) is 23.1 Å². The van der Waals surface area contributed by atoms with E-state index in [1.165, 1.54) is 13.4 Å². The summed E-state index contributed by atoms with van der Waals surface area (Å²) in [6.07, 6.45) is 1.18. The Morgan fingerprint density at radius 2 is 1.67 bits per heavy atom. The van der Waals surface area contributed by atoms with Crippen molar-refractivity contribution in [3.05, 3.63) is 65.0 Å². The van der Waals surface area contributed by atoms with Crippen LogP contribution in [0.15, 0.2) is 54.9 Å². The van der Waals surface area contributed by atoms with Crippen LogP contribution in [0.2, 0.25) is 0 Å². The van der Waals surface area contributed by atoms with Gasteiger partial charge >= 0.3 is 11.6 Å². The molecule has 1 N–H and O–H groups in total. The quantitative estimate of drug-likeness (QED) is 0.493. The van der Waals surface area contributed by atoms with E-state index in [0.29, 0.717) is 22.9 Å². The molecule has 0 aliphatic carbocycles. The monoisotopic (exact) mass is 368 g/mol. The molecule has 27 heavy (non-hydrogen) atoms. The highest BCUT2D eigenvalue weighted by atomic mass is 16.6. The van der Waals surface area contributed by atoms with Crippen molar-refractivity contribution in [2.45, 2.75) is 0 Å². The molecular formula is C18H16N4O5. The third-order valence-corrected chi connectivity index (χ3v) is 3.61. The zero-order chi connectivity index (χ0) is 19.2. The first-order valence-corrected chi connectivity index (χ1v) is 7.83. The van der Waals surface area contributed by atoms with Gasteiger partial charge in [-0.3, -0.25) is 10.1 Å². The second kappa shape index (κ2) is 8.00. The molecule has 3 aromatic rings. The van der Waals surface area contributed by atoms with Crippen LogP contribution in [0, 0.1) is 10.1 Å². The van der Waals surface area contributed by atoms with E-state index in [1.807, 2.05) is 0 Å². The van der Waals surface area contributed by atoms with Crippen molar-refractivity contribution < 1.29 is 19.1 Å². The van der Waals surface area contributed by atoms with Gasteiger partial charge in [0, 0.05) is 0 Å². The molecule has 0 saturated heterocycles. The molecule has 9 heteroatoms. The molecule has 0 bridgehead atoms. The number of nitrogens with zero attached hydrogens (tertiary/aromatic N) is 3. The average molecular weight is 368 g/mol. The number of para-hydroxylation sites is 2. The number of anilines is 2. The Hall–Kier alpha value is -3.88. The maximum Gasteiger partial charge on any atom is 0.373 e. The summed E-state index contributed by atoms with van der Waals surface area (Å²) in [6, 6.07) is 13.6. The Kier molecular flexibility index (Phi) is 5.31. The predicted molar refractivity (Wildman–Crippen MR) is 98.0 cm³/mol. The molecule has 0 radical (unpaired) electrons. The maximum absolute atomic E-state index is 11.6. The van der Waals surface area contributed by atoms with E-state index in [1.54, 1.807) is 55.6 Å². The van der Waals surface area contributed by atoms with Gasteiger partial charge in [-0.1, -0.05) is 12.1 Å². The van der Waals surface area contributed by atoms with Gasteiger partial charge in [-0.2, -0.15) is 4.98 Å². The van der Waals surface area contributed by atoms with Crippen LogP contribution in [0.1, 0.15) is 0 Å². The minimum atomic E-state index is -0.601. The number of methoxy groups -OCH3 is 2. The number of ether oxygens (including phenoxy) is 3. The minimum Gasteiger partial charge on any atom is -0.497 e. The van der Waals surface area contributed by atoms with E-state index >= 15 is 0 Å². The molecule has 0 aliphatic heterocycles. The Labute approximate surface area is 154 Å². The standard InChI is InChI=1S/C18H16N4O5/c1-25-12-7-9-13(10-8-12)27-18-16(22(23)24)17(19-11-20-18)21-14-5-3-4-6-15(14)26-2/h3-11H,1-2H3,(H,19,20,21). The van der Waals surface area contributed by atoms with Crippen LogP contribution in [-0.2, 0) is 0 Å². The van der Waals surface area contributed by atoms with Crippen molar-refractivity contribution in [2.24, 2.45) is 0 Å². The molecule has 0 aliphatic rings. The molecule has 0 amide bonds. The first-order valence-electron chi connectivity index (χ1n) is 7.83. The Bertz CT molecular complexity index is 947. The van der Waals surface area contributed by atoms with E-state index in [2.05, 4.69) is 15.3 Å². The lowest BCUT2D eigenvalue weighted by Crippen LogP contribution is -2.04. The van der Waals surface area contributed by atoms with Gasteiger partial charge in [0.05, 0.1) is 24.8 Å². The van der Waals surface area contributed by atoms with Gasteiger partial charge in [0.1, 0.15) is 23.6 Å². The van der Waals surface area contributed by atoms with E-state index < -0.39 is 4.92 Å². The number of benzene rings is 2. The lowest BCUT2D eigenvalue weighted by atomic mass is 10.3. The van der Waals surface area contributed by atoms with E-state index in [4.69, 9.17) is 14.2 Å². The zero-order valence-electron chi connectivity index (χ0n) is 14.6. The molecule has 1 heterocycles. The van der Waals surface area contributed by atoms with Gasteiger partial charge in [0.2, 0.25) is 5.82 Å². The summed E-state index contributed by atoms with van der Waals surface area (Å²) in [4.78, 5) is 18.9. The smallest absolute Gasteiger partial charge is 0.373 e. The third-order valence-electron chi connectivity index (χ3n) is 3.61. The molecule has 0 fully saturated rings. The molecule has 138 valence electrons. The van der Waals surface area contributed by atoms with Crippen LogP contribution >= 0.6 is 0 Å². The van der Waals surface area contributed by atoms with Gasteiger partial charge in [-0.05, 0) is 36.4 Å². The lowest BCUT2D eigenvalue weighted by molar-refractivity contribution is -0.385. The van der Waals surface area contributed by atoms with Gasteiger partial charge in [-0.15, -0.1) is 0 Å². The van der Waals surface area contributed by atoms with Crippen LogP contribution in [-0.4, -0.2) is 29.1 Å². The normalized spacial score (nSPS) is 10.1. The number of nitro groups is 1. The Morgan fingerprint density at radius 1 is 0.963 bits per heavy atom. The summed E-state index contributed by atoms with van der Waals surface area (Å²) < 4.78 is 15.9. The van der Waals surface area contributed by atoms with Gasteiger partial charge < -0.3 is 19.5 Å². The number of nitrogens with one attached hydrogen (secondary N) is 1. The number of hydrogen-bond acceptors (Lipinski definition) is 8. The summed E-state index contributed by atoms with van der Waals surface area (Å²) in [7, 11) is 3.05. The fourth-order valence-electron chi connectivity index (χ4n) is 2.32. The molecule has 3 rings (SSSR count). The second-order valence-corrected chi connectivity index (χ2v) is 5.24. The van der Waals surface area contributed by atoms with Crippen molar-refractivity contribution in [1.82, 2.24) is 9.97 Å². The lowest BCUT2D eigenvalue weighted by Gasteiger charge is -2.12. The average Bonchev–Trinajstić information content (AvgIpc) is 2.69. The molecule has 0 atom stereocenters. The summed E-state index contributed by atoms with van der Waals surface area (Å²) >= 11 is 0. The van der Waals surface area contributed by atoms with Gasteiger partial charge in [0.15, 0.2) is 0 Å². The summed E-state index contributed by atoms with van der Waals surface area (Å²) in [5.41, 5.74) is 0.136. The van der Waals surface area contributed by atoms with Crippen molar-refractivity contribution in [2.75, 3.05) is 19.5 Å². The van der Waals surface area contributed by atoms with Gasteiger partial charge in [0.25, 0.3) is 0 Å². The molecule has 0 spiro atoms. The molecule has 0 saturated carbocycles. The van der Waals surface area contributed by atoms with Gasteiger partial charge in [-0.25, -0.2) is 4.98 Å². The first-order chi connectivity index (χ1) is 13.1. The van der Waals surface area contributed by atoms with Crippen LogP contribution in [0.25, 0.3) is 0 Å². The third kappa shape index (κ3) is 4.03. The van der Waals surface area contributed by atoms with Crippen LogP contribution in [0.4, 0.5) is 17.2 Å². The van der Waals surface area contributed by atoms with Crippen molar-refractivity contribution in [3.8, 4) is 23.1 Å². The summed E-state index contributed by atoms with van der Waals surface area (Å²) in [6.45, 7) is 0. The van der Waals surface area contributed by atoms with Crippen molar-refractivity contribution >= 4 is 17.2 Å². The highest BCUT2D eigenvalue weighted by molar-refractivity contribution is 5.72. The van der Waals surface area contributed by atoms with Crippen LogP contribution in [0.3, 0.4) is 0 Å². The number of aromatic nitrogens is 2. The zero-order valence-corrected chi connectivity index (χ0v) is 14.6. The van der Waals surface area contributed by atoms with Crippen molar-refractivity contribution in [1.29, 1.82) is 0 Å². The fourth-order valence-corrected chi connectivity index (χ4v) is 2.32. The molecule has 2 aromatic carbocycles. The summed E-state index contributed by atoms with van der Waals surface area (Å²) in [5.74, 6) is 1.34. The highest BCUT2D eigenvalue weighted by Gasteiger charge is 2.25. The van der Waals surface area contributed by atoms with Crippen molar-refractivity contribution in [3.63, 3.8) is 0 Å². The number of hydrogen-bond donors (Lipinski definition) is 1. The van der Waals surface area contributed by atoms with E-state index in [0.717, 1.165) is 0 Å². The first kappa shape index (κ1) is 17.9. The molecule has 1 aromatic heterocycles. The maximum atomic E-state index is 11.6. The summed E-state index contributed by atoms with van der Waals surface area (Å²) in [5, 5.41) is 14.5. The number of rotatable bonds is 7.